The van der Waals surface area contributed by atoms with Crippen molar-refractivity contribution in [2.45, 2.75) is 29.4 Å². The van der Waals surface area contributed by atoms with Crippen LogP contribution in [0.1, 0.15) is 0 Å². The Morgan fingerprint density at radius 1 is 0.200 bits per heavy atom. The second kappa shape index (κ2) is 16.6. The Balaban J connectivity index is 0.000000210. The molecule has 0 amide bonds. The summed E-state index contributed by atoms with van der Waals surface area (Å²) in [6.45, 7) is 0. The summed E-state index contributed by atoms with van der Waals surface area (Å²) in [5.41, 5.74) is 0. The summed E-state index contributed by atoms with van der Waals surface area (Å²) in [4.78, 5) is 8.17. The van der Waals surface area contributed by atoms with Crippen molar-refractivity contribution >= 4 is 21.8 Å². The topological polar surface area (TPSA) is 0 Å². The van der Waals surface area contributed by atoms with Crippen molar-refractivity contribution < 1.29 is 24.8 Å². The van der Waals surface area contributed by atoms with E-state index >= 15 is 0 Å². The quantitative estimate of drug-likeness (QED) is 0.258. The summed E-state index contributed by atoms with van der Waals surface area (Å²) in [5.74, 6) is 0. The van der Waals surface area contributed by atoms with Crippen molar-refractivity contribution in [3.8, 4) is 0 Å². The highest BCUT2D eigenvalue weighted by Gasteiger charge is 2.28. The Bertz CT molecular complexity index is 1180. The van der Waals surface area contributed by atoms with E-state index < -0.39 is 0 Å². The van der Waals surface area contributed by atoms with E-state index in [1.807, 2.05) is 0 Å². The first-order valence-corrected chi connectivity index (χ1v) is 15.1. The number of benzene rings is 6. The Labute approximate surface area is 256 Å². The molecule has 0 atom stereocenters. The van der Waals surface area contributed by atoms with Gasteiger partial charge in [-0.15, -0.1) is 0 Å². The minimum absolute atomic E-state index is 0. The minimum Gasteiger partial charge on any atom is -1.00 e. The molecule has 0 spiro atoms. The van der Waals surface area contributed by atoms with Crippen LogP contribution in [0.4, 0.5) is 0 Å². The molecule has 0 N–H and O–H groups in total. The molecular formula is C36H30Cl2S2. The highest BCUT2D eigenvalue weighted by Crippen LogP contribution is 2.31. The van der Waals surface area contributed by atoms with Crippen molar-refractivity contribution in [1.82, 2.24) is 0 Å². The Morgan fingerprint density at radius 3 is 0.450 bits per heavy atom. The van der Waals surface area contributed by atoms with Gasteiger partial charge in [-0.05, 0) is 72.8 Å². The van der Waals surface area contributed by atoms with Crippen LogP contribution in [0.2, 0.25) is 0 Å². The smallest absolute Gasteiger partial charge is 0.166 e. The fourth-order valence-corrected chi connectivity index (χ4v) is 8.36. The minimum atomic E-state index is -0.0146. The monoisotopic (exact) mass is 596 g/mol. The van der Waals surface area contributed by atoms with Gasteiger partial charge in [0, 0.05) is 0 Å². The van der Waals surface area contributed by atoms with Crippen molar-refractivity contribution in [2.75, 3.05) is 0 Å². The molecule has 0 radical (unpaired) electrons. The van der Waals surface area contributed by atoms with Crippen LogP contribution < -0.4 is 24.8 Å². The Kier molecular flexibility index (Phi) is 13.0. The molecule has 0 bridgehead atoms. The third kappa shape index (κ3) is 8.30. The predicted octanol–water partition coefficient (Wildman–Crippen LogP) is 3.57. The maximum absolute atomic E-state index is 2.21. The second-order valence-electron chi connectivity index (χ2n) is 8.49. The molecule has 0 fully saturated rings. The molecule has 0 nitrogen and oxygen atoms in total. The molecule has 200 valence electrons. The van der Waals surface area contributed by atoms with Gasteiger partial charge < -0.3 is 24.8 Å². The van der Waals surface area contributed by atoms with Crippen molar-refractivity contribution in [2.24, 2.45) is 0 Å². The first-order valence-electron chi connectivity index (χ1n) is 12.7. The van der Waals surface area contributed by atoms with E-state index in [0.717, 1.165) is 0 Å². The molecule has 0 aliphatic rings. The number of hydrogen-bond donors (Lipinski definition) is 0. The van der Waals surface area contributed by atoms with Gasteiger partial charge >= 0.3 is 0 Å². The van der Waals surface area contributed by atoms with Gasteiger partial charge in [0.15, 0.2) is 29.4 Å². The van der Waals surface area contributed by atoms with Crippen molar-refractivity contribution in [3.05, 3.63) is 182 Å². The maximum atomic E-state index is 2.21. The van der Waals surface area contributed by atoms with Crippen LogP contribution in [-0.4, -0.2) is 0 Å². The van der Waals surface area contributed by atoms with Gasteiger partial charge in [-0.2, -0.15) is 0 Å². The van der Waals surface area contributed by atoms with Crippen LogP contribution in [0.3, 0.4) is 0 Å². The van der Waals surface area contributed by atoms with E-state index in [-0.39, 0.29) is 46.6 Å². The van der Waals surface area contributed by atoms with Crippen LogP contribution in [0.25, 0.3) is 0 Å². The Hall–Kier alpha value is -3.40. The zero-order valence-electron chi connectivity index (χ0n) is 21.9. The van der Waals surface area contributed by atoms with Gasteiger partial charge in [-0.1, -0.05) is 109 Å². The summed E-state index contributed by atoms with van der Waals surface area (Å²) in [6, 6.07) is 64.3. The van der Waals surface area contributed by atoms with E-state index in [4.69, 9.17) is 0 Å². The molecule has 0 aliphatic carbocycles. The summed E-state index contributed by atoms with van der Waals surface area (Å²) < 4.78 is 0. The van der Waals surface area contributed by atoms with Crippen LogP contribution in [0.5, 0.6) is 0 Å². The van der Waals surface area contributed by atoms with Gasteiger partial charge in [0.1, 0.15) is 0 Å². The molecule has 0 aromatic heterocycles. The standard InChI is InChI=1S/2C18H15S.2ClH/c2*1-4-10-16(11-5-1)19(17-12-6-2-7-13-17)18-14-8-3-9-15-18;;/h2*1-15H;2*1H/q2*+1;;/p-2. The molecule has 6 aromatic rings. The molecule has 0 saturated heterocycles. The van der Waals surface area contributed by atoms with Crippen molar-refractivity contribution in [1.29, 1.82) is 0 Å². The molecule has 0 saturated carbocycles. The third-order valence-electron chi connectivity index (χ3n) is 5.87. The lowest BCUT2D eigenvalue weighted by molar-refractivity contribution is -0.00100. The number of halogens is 2. The van der Waals surface area contributed by atoms with Gasteiger partial charge in [0.2, 0.25) is 0 Å². The lowest BCUT2D eigenvalue weighted by atomic mass is 10.4. The molecule has 6 rings (SSSR count). The van der Waals surface area contributed by atoms with E-state index in [1.165, 1.54) is 29.4 Å². The highest BCUT2D eigenvalue weighted by atomic mass is 35.5. The zero-order chi connectivity index (χ0) is 25.8. The van der Waals surface area contributed by atoms with Gasteiger partial charge in [0.05, 0.1) is 21.8 Å². The Morgan fingerprint density at radius 2 is 0.325 bits per heavy atom. The van der Waals surface area contributed by atoms with E-state index in [1.54, 1.807) is 0 Å². The molecule has 40 heavy (non-hydrogen) atoms. The molecule has 0 heterocycles. The lowest BCUT2D eigenvalue weighted by Gasteiger charge is -2.07. The molecule has 0 unspecified atom stereocenters. The van der Waals surface area contributed by atoms with Crippen LogP contribution in [0, 0.1) is 0 Å². The van der Waals surface area contributed by atoms with Gasteiger partial charge in [-0.25, -0.2) is 0 Å². The summed E-state index contributed by atoms with van der Waals surface area (Å²) in [5, 5.41) is 0. The lowest BCUT2D eigenvalue weighted by Crippen LogP contribution is -3.00. The third-order valence-corrected chi connectivity index (χ3v) is 10.3. The normalized spacial score (nSPS) is 10.1. The van der Waals surface area contributed by atoms with E-state index in [2.05, 4.69) is 182 Å². The predicted molar refractivity (Wildman–Crippen MR) is 163 cm³/mol. The summed E-state index contributed by atoms with van der Waals surface area (Å²) in [7, 11) is -0.0293. The van der Waals surface area contributed by atoms with Crippen LogP contribution in [-0.2, 0) is 21.8 Å². The first kappa shape index (κ1) is 31.1. The van der Waals surface area contributed by atoms with E-state index in [0.29, 0.717) is 0 Å². The number of rotatable bonds is 6. The van der Waals surface area contributed by atoms with Gasteiger partial charge in [0.25, 0.3) is 0 Å². The fraction of sp³-hybridized carbons (Fsp3) is 0. The van der Waals surface area contributed by atoms with Gasteiger partial charge in [-0.3, -0.25) is 0 Å². The maximum Gasteiger partial charge on any atom is 0.166 e. The van der Waals surface area contributed by atoms with E-state index in [9.17, 15) is 0 Å². The highest BCUT2D eigenvalue weighted by molar-refractivity contribution is 7.97. The zero-order valence-corrected chi connectivity index (χ0v) is 25.0. The fourth-order valence-electron chi connectivity index (χ4n) is 4.16. The molecular weight excluding hydrogens is 567 g/mol. The average Bonchev–Trinajstić information content (AvgIpc) is 3.01. The number of hydrogen-bond acceptors (Lipinski definition) is 0. The second-order valence-corrected chi connectivity index (χ2v) is 12.5. The molecule has 0 aliphatic heterocycles. The average molecular weight is 598 g/mol. The molecule has 4 heteroatoms. The molecule has 6 aromatic carbocycles. The first-order chi connectivity index (χ1) is 18.9. The summed E-state index contributed by atoms with van der Waals surface area (Å²) in [6.07, 6.45) is 0. The van der Waals surface area contributed by atoms with Crippen LogP contribution >= 0.6 is 0 Å². The largest absolute Gasteiger partial charge is 1.00 e. The summed E-state index contributed by atoms with van der Waals surface area (Å²) >= 11 is 0. The van der Waals surface area contributed by atoms with Crippen molar-refractivity contribution in [3.63, 3.8) is 0 Å². The SMILES string of the molecule is [Cl-].[Cl-].c1ccc([S+](c2ccccc2)c2ccccc2)cc1.c1ccc([S+](c2ccccc2)c2ccccc2)cc1. The van der Waals surface area contributed by atoms with Crippen LogP contribution in [0.15, 0.2) is 211 Å².